The van der Waals surface area contributed by atoms with Crippen LogP contribution in [0.25, 0.3) is 0 Å². The molecule has 1 heterocycles. The minimum atomic E-state index is -0.741. The molecule has 2 atom stereocenters. The predicted molar refractivity (Wildman–Crippen MR) is 78.4 cm³/mol. The monoisotopic (exact) mass is 267 g/mol. The molecule has 0 aliphatic carbocycles. The van der Waals surface area contributed by atoms with Crippen LogP contribution in [0, 0.1) is 5.92 Å². The van der Waals surface area contributed by atoms with Crippen LogP contribution in [0.3, 0.4) is 0 Å². The van der Waals surface area contributed by atoms with Crippen LogP contribution >= 0.6 is 0 Å². The Labute approximate surface area is 118 Å². The van der Waals surface area contributed by atoms with Gasteiger partial charge in [0.2, 0.25) is 5.91 Å². The molecule has 3 rings (SSSR count). The molecule has 0 spiro atoms. The van der Waals surface area contributed by atoms with Gasteiger partial charge < -0.3 is 10.0 Å². The summed E-state index contributed by atoms with van der Waals surface area (Å²) in [5, 5.41) is 10.5. The second-order valence-electron chi connectivity index (χ2n) is 5.20. The zero-order valence-electron chi connectivity index (χ0n) is 11.4. The third kappa shape index (κ3) is 2.10. The molecule has 0 unspecified atom stereocenters. The summed E-state index contributed by atoms with van der Waals surface area (Å²) in [7, 11) is 1.77. The van der Waals surface area contributed by atoms with Gasteiger partial charge >= 0.3 is 0 Å². The van der Waals surface area contributed by atoms with E-state index in [1.807, 2.05) is 54.6 Å². The van der Waals surface area contributed by atoms with E-state index in [2.05, 4.69) is 0 Å². The molecule has 1 N–H and O–H groups in total. The minimum absolute atomic E-state index is 0.0277. The average molecular weight is 267 g/mol. The van der Waals surface area contributed by atoms with Crippen LogP contribution in [0.2, 0.25) is 0 Å². The fourth-order valence-electron chi connectivity index (χ4n) is 2.83. The number of fused-ring (bicyclic) bond motifs is 1. The lowest BCUT2D eigenvalue weighted by Gasteiger charge is -2.35. The zero-order valence-corrected chi connectivity index (χ0v) is 11.4. The lowest BCUT2D eigenvalue weighted by molar-refractivity contribution is -0.126. The number of carbonyl (C=O) groups is 1. The molecule has 2 aromatic rings. The third-order valence-electron chi connectivity index (χ3n) is 3.94. The fraction of sp³-hybridized carbons (Fsp3) is 0.235. The summed E-state index contributed by atoms with van der Waals surface area (Å²) in [5.41, 5.74) is 2.70. The number of benzene rings is 2. The Bertz CT molecular complexity index is 624. The Hall–Kier alpha value is -2.13. The number of para-hydroxylation sites is 1. The topological polar surface area (TPSA) is 40.5 Å². The lowest BCUT2D eigenvalue weighted by Crippen LogP contribution is -2.42. The Morgan fingerprint density at radius 1 is 1.05 bits per heavy atom. The van der Waals surface area contributed by atoms with E-state index in [9.17, 15) is 9.90 Å². The van der Waals surface area contributed by atoms with Gasteiger partial charge in [-0.1, -0.05) is 48.5 Å². The maximum atomic E-state index is 12.5. The van der Waals surface area contributed by atoms with Crippen molar-refractivity contribution in [3.8, 4) is 0 Å². The van der Waals surface area contributed by atoms with Crippen LogP contribution in [-0.4, -0.2) is 18.1 Å². The highest BCUT2D eigenvalue weighted by atomic mass is 16.3. The Balaban J connectivity index is 1.95. The van der Waals surface area contributed by atoms with Gasteiger partial charge in [0.05, 0.1) is 12.0 Å². The van der Waals surface area contributed by atoms with Crippen LogP contribution in [0.1, 0.15) is 17.2 Å². The van der Waals surface area contributed by atoms with Gasteiger partial charge in [0.1, 0.15) is 0 Å². The quantitative estimate of drug-likeness (QED) is 0.908. The first-order chi connectivity index (χ1) is 9.68. The normalized spacial score (nSPS) is 21.7. The first kappa shape index (κ1) is 12.9. The minimum Gasteiger partial charge on any atom is -0.387 e. The summed E-state index contributed by atoms with van der Waals surface area (Å²) in [6.07, 6.45) is -0.186. The molecule has 20 heavy (non-hydrogen) atoms. The Morgan fingerprint density at radius 3 is 2.45 bits per heavy atom. The largest absolute Gasteiger partial charge is 0.387 e. The summed E-state index contributed by atoms with van der Waals surface area (Å²) in [4.78, 5) is 14.1. The standard InChI is InChI=1S/C17H17NO2/c1-18-15-10-6-5-9-13(15)16(19)14(17(18)20)11-12-7-3-2-4-8-12/h2-10,14,16,19H,11H2,1H3/t14-,16+/m1/s1. The van der Waals surface area contributed by atoms with Gasteiger partial charge in [0, 0.05) is 18.3 Å². The number of nitrogens with zero attached hydrogens (tertiary/aromatic N) is 1. The number of aliphatic hydroxyl groups excluding tert-OH is 1. The molecule has 0 bridgehead atoms. The van der Waals surface area contributed by atoms with Crippen molar-refractivity contribution >= 4 is 11.6 Å². The predicted octanol–water partition coefficient (Wildman–Crippen LogP) is 2.56. The number of hydrogen-bond donors (Lipinski definition) is 1. The molecule has 0 fully saturated rings. The summed E-state index contributed by atoms with van der Waals surface area (Å²) in [5.74, 6) is -0.447. The molecule has 0 saturated carbocycles. The summed E-state index contributed by atoms with van der Waals surface area (Å²) >= 11 is 0. The van der Waals surface area contributed by atoms with Crippen LogP contribution in [0.5, 0.6) is 0 Å². The third-order valence-corrected chi connectivity index (χ3v) is 3.94. The number of amides is 1. The van der Waals surface area contributed by atoms with Crippen LogP contribution in [-0.2, 0) is 11.2 Å². The molecule has 3 heteroatoms. The molecule has 0 saturated heterocycles. The smallest absolute Gasteiger partial charge is 0.233 e. The molecule has 1 aliphatic rings. The highest BCUT2D eigenvalue weighted by molar-refractivity contribution is 5.98. The molecule has 1 aliphatic heterocycles. The number of rotatable bonds is 2. The van der Waals surface area contributed by atoms with Crippen molar-refractivity contribution in [1.82, 2.24) is 0 Å². The van der Waals surface area contributed by atoms with Gasteiger partial charge in [-0.05, 0) is 18.1 Å². The SMILES string of the molecule is CN1C(=O)[C@H](Cc2ccccc2)[C@@H](O)c2ccccc21. The van der Waals surface area contributed by atoms with Gasteiger partial charge in [-0.2, -0.15) is 0 Å². The number of hydrogen-bond acceptors (Lipinski definition) is 2. The van der Waals surface area contributed by atoms with E-state index in [0.29, 0.717) is 6.42 Å². The Kier molecular flexibility index (Phi) is 3.28. The molecule has 3 nitrogen and oxygen atoms in total. The van der Waals surface area contributed by atoms with E-state index in [0.717, 1.165) is 16.8 Å². The summed E-state index contributed by atoms with van der Waals surface area (Å²) < 4.78 is 0. The van der Waals surface area contributed by atoms with Gasteiger partial charge in [-0.15, -0.1) is 0 Å². The lowest BCUT2D eigenvalue weighted by atomic mass is 9.84. The molecular formula is C17H17NO2. The van der Waals surface area contributed by atoms with Crippen molar-refractivity contribution in [3.63, 3.8) is 0 Å². The molecule has 2 aromatic carbocycles. The van der Waals surface area contributed by atoms with Gasteiger partial charge in [-0.3, -0.25) is 4.79 Å². The first-order valence-corrected chi connectivity index (χ1v) is 6.77. The van der Waals surface area contributed by atoms with Gasteiger partial charge in [0.25, 0.3) is 0 Å². The first-order valence-electron chi connectivity index (χ1n) is 6.77. The molecule has 102 valence electrons. The van der Waals surface area contributed by atoms with Crippen molar-refractivity contribution in [2.75, 3.05) is 11.9 Å². The van der Waals surface area contributed by atoms with E-state index in [1.165, 1.54) is 0 Å². The Morgan fingerprint density at radius 2 is 1.70 bits per heavy atom. The van der Waals surface area contributed by atoms with Crippen molar-refractivity contribution in [2.45, 2.75) is 12.5 Å². The van der Waals surface area contributed by atoms with E-state index < -0.39 is 12.0 Å². The van der Waals surface area contributed by atoms with E-state index >= 15 is 0 Å². The van der Waals surface area contributed by atoms with E-state index in [-0.39, 0.29) is 5.91 Å². The van der Waals surface area contributed by atoms with Crippen molar-refractivity contribution in [2.24, 2.45) is 5.92 Å². The average Bonchev–Trinajstić information content (AvgIpc) is 2.50. The zero-order chi connectivity index (χ0) is 14.1. The maximum absolute atomic E-state index is 12.5. The van der Waals surface area contributed by atoms with Crippen LogP contribution < -0.4 is 4.90 Å². The molecular weight excluding hydrogens is 250 g/mol. The number of aliphatic hydroxyl groups is 1. The number of anilines is 1. The van der Waals surface area contributed by atoms with E-state index in [4.69, 9.17) is 0 Å². The molecule has 1 amide bonds. The van der Waals surface area contributed by atoms with E-state index in [1.54, 1.807) is 11.9 Å². The molecule has 0 aromatic heterocycles. The summed E-state index contributed by atoms with van der Waals surface area (Å²) in [6, 6.07) is 17.4. The van der Waals surface area contributed by atoms with Crippen LogP contribution in [0.4, 0.5) is 5.69 Å². The van der Waals surface area contributed by atoms with Gasteiger partial charge in [0.15, 0.2) is 0 Å². The second kappa shape index (κ2) is 5.10. The summed E-state index contributed by atoms with van der Waals surface area (Å²) in [6.45, 7) is 0. The highest BCUT2D eigenvalue weighted by Gasteiger charge is 2.37. The van der Waals surface area contributed by atoms with Gasteiger partial charge in [-0.25, -0.2) is 0 Å². The second-order valence-corrected chi connectivity index (χ2v) is 5.20. The van der Waals surface area contributed by atoms with Crippen molar-refractivity contribution in [1.29, 1.82) is 0 Å². The fourth-order valence-corrected chi connectivity index (χ4v) is 2.83. The number of carbonyl (C=O) groups excluding carboxylic acids is 1. The maximum Gasteiger partial charge on any atom is 0.233 e. The highest BCUT2D eigenvalue weighted by Crippen LogP contribution is 2.38. The molecule has 0 radical (unpaired) electrons. The van der Waals surface area contributed by atoms with Crippen LogP contribution in [0.15, 0.2) is 54.6 Å². The van der Waals surface area contributed by atoms with Crippen molar-refractivity contribution < 1.29 is 9.90 Å². The van der Waals surface area contributed by atoms with Crippen molar-refractivity contribution in [3.05, 3.63) is 65.7 Å².